The molecule has 3 aromatic rings. The van der Waals surface area contributed by atoms with Crippen LogP contribution in [0.25, 0.3) is 10.6 Å². The van der Waals surface area contributed by atoms with Crippen LogP contribution >= 0.6 is 22.9 Å². The van der Waals surface area contributed by atoms with Gasteiger partial charge in [0.15, 0.2) is 5.69 Å². The number of thiazole rings is 1. The van der Waals surface area contributed by atoms with Gasteiger partial charge in [-0.05, 0) is 17.9 Å². The SMILES string of the molecule is CC(C)CN(C(=O)Cc1csc(-c2ccccc2Cl)n1)c1c(N)n(CC(C)C)c(=O)[nH]c1=O. The van der Waals surface area contributed by atoms with Gasteiger partial charge < -0.3 is 10.6 Å². The van der Waals surface area contributed by atoms with E-state index in [1.165, 1.54) is 20.8 Å². The number of nitrogens with one attached hydrogen (secondary N) is 1. The first-order valence-corrected chi connectivity index (χ1v) is 12.0. The summed E-state index contributed by atoms with van der Waals surface area (Å²) in [5.41, 5.74) is 6.35. The molecule has 0 spiro atoms. The monoisotopic (exact) mass is 489 g/mol. The lowest BCUT2D eigenvalue weighted by Gasteiger charge is -2.26. The molecule has 0 saturated carbocycles. The maximum Gasteiger partial charge on any atom is 0.330 e. The molecule has 0 aliphatic carbocycles. The summed E-state index contributed by atoms with van der Waals surface area (Å²) in [5.74, 6) is -0.156. The molecule has 2 aromatic heterocycles. The van der Waals surface area contributed by atoms with E-state index in [4.69, 9.17) is 17.3 Å². The van der Waals surface area contributed by atoms with Crippen LogP contribution in [0.3, 0.4) is 0 Å². The summed E-state index contributed by atoms with van der Waals surface area (Å²) >= 11 is 7.66. The first-order chi connectivity index (χ1) is 15.6. The fourth-order valence-electron chi connectivity index (χ4n) is 3.46. The molecular formula is C23H28ClN5O3S. The summed E-state index contributed by atoms with van der Waals surface area (Å²) in [6.45, 7) is 8.35. The molecule has 1 aromatic carbocycles. The van der Waals surface area contributed by atoms with Gasteiger partial charge in [0.25, 0.3) is 5.56 Å². The number of carbonyl (C=O) groups is 1. The quantitative estimate of drug-likeness (QED) is 0.499. The molecule has 0 aliphatic rings. The summed E-state index contributed by atoms with van der Waals surface area (Å²) in [5, 5.41) is 3.09. The third-order valence-corrected chi connectivity index (χ3v) is 6.12. The second-order valence-electron chi connectivity index (χ2n) is 8.70. The lowest BCUT2D eigenvalue weighted by atomic mass is 10.1. The second kappa shape index (κ2) is 10.4. The average molecular weight is 490 g/mol. The van der Waals surface area contributed by atoms with Gasteiger partial charge in [-0.1, -0.05) is 57.5 Å². The van der Waals surface area contributed by atoms with E-state index in [0.717, 1.165) is 5.56 Å². The van der Waals surface area contributed by atoms with Crippen molar-refractivity contribution in [3.63, 3.8) is 0 Å². The zero-order chi connectivity index (χ0) is 24.3. The van der Waals surface area contributed by atoms with Crippen LogP contribution < -0.4 is 21.9 Å². The number of carbonyl (C=O) groups excluding carboxylic acids is 1. The normalized spacial score (nSPS) is 11.4. The highest BCUT2D eigenvalue weighted by atomic mass is 35.5. The summed E-state index contributed by atoms with van der Waals surface area (Å²) in [6, 6.07) is 7.37. The number of halogens is 1. The van der Waals surface area contributed by atoms with E-state index in [1.54, 1.807) is 11.4 Å². The summed E-state index contributed by atoms with van der Waals surface area (Å²) < 4.78 is 1.31. The molecule has 3 rings (SSSR count). The largest absolute Gasteiger partial charge is 0.383 e. The molecule has 3 N–H and O–H groups in total. The van der Waals surface area contributed by atoms with Crippen molar-refractivity contribution in [3.8, 4) is 10.6 Å². The minimum atomic E-state index is -0.679. The molecule has 1 amide bonds. The minimum absolute atomic E-state index is 0.00416. The third-order valence-electron chi connectivity index (χ3n) is 4.87. The number of aromatic nitrogens is 3. The Morgan fingerprint density at radius 2 is 1.91 bits per heavy atom. The molecular weight excluding hydrogens is 462 g/mol. The predicted octanol–water partition coefficient (Wildman–Crippen LogP) is 3.78. The van der Waals surface area contributed by atoms with Crippen molar-refractivity contribution in [2.75, 3.05) is 17.2 Å². The van der Waals surface area contributed by atoms with Crippen LogP contribution in [0.1, 0.15) is 33.4 Å². The smallest absolute Gasteiger partial charge is 0.330 e. The van der Waals surface area contributed by atoms with Gasteiger partial charge in [0.05, 0.1) is 17.1 Å². The molecule has 176 valence electrons. The Kier molecular flexibility index (Phi) is 7.76. The number of nitrogens with zero attached hydrogens (tertiary/aromatic N) is 3. The van der Waals surface area contributed by atoms with Crippen LogP contribution in [0.4, 0.5) is 11.5 Å². The fourth-order valence-corrected chi connectivity index (χ4v) is 4.60. The van der Waals surface area contributed by atoms with E-state index in [-0.39, 0.29) is 42.2 Å². The van der Waals surface area contributed by atoms with Crippen LogP contribution in [0.5, 0.6) is 0 Å². The molecule has 2 heterocycles. The first-order valence-electron chi connectivity index (χ1n) is 10.7. The highest BCUT2D eigenvalue weighted by Gasteiger charge is 2.26. The Balaban J connectivity index is 1.96. The molecule has 0 bridgehead atoms. The Bertz CT molecular complexity index is 1260. The number of benzene rings is 1. The van der Waals surface area contributed by atoms with Crippen molar-refractivity contribution in [2.45, 2.75) is 40.7 Å². The molecule has 0 atom stereocenters. The van der Waals surface area contributed by atoms with Crippen molar-refractivity contribution < 1.29 is 4.79 Å². The van der Waals surface area contributed by atoms with Gasteiger partial charge in [0.2, 0.25) is 5.91 Å². The number of hydrogen-bond donors (Lipinski definition) is 2. The van der Waals surface area contributed by atoms with Crippen molar-refractivity contribution in [1.82, 2.24) is 14.5 Å². The Hall–Kier alpha value is -2.91. The van der Waals surface area contributed by atoms with Crippen molar-refractivity contribution in [2.24, 2.45) is 11.8 Å². The number of rotatable bonds is 8. The maximum absolute atomic E-state index is 13.4. The highest BCUT2D eigenvalue weighted by Crippen LogP contribution is 2.30. The van der Waals surface area contributed by atoms with Crippen molar-refractivity contribution >= 4 is 40.4 Å². The van der Waals surface area contributed by atoms with Crippen LogP contribution in [0.2, 0.25) is 5.02 Å². The van der Waals surface area contributed by atoms with Crippen LogP contribution in [0.15, 0.2) is 39.2 Å². The van der Waals surface area contributed by atoms with E-state index < -0.39 is 11.2 Å². The van der Waals surface area contributed by atoms with Gasteiger partial charge in [0, 0.05) is 24.0 Å². The fraction of sp³-hybridized carbons (Fsp3) is 0.391. The summed E-state index contributed by atoms with van der Waals surface area (Å²) in [7, 11) is 0. The van der Waals surface area contributed by atoms with Crippen LogP contribution in [0, 0.1) is 11.8 Å². The Morgan fingerprint density at radius 3 is 2.55 bits per heavy atom. The summed E-state index contributed by atoms with van der Waals surface area (Å²) in [6.07, 6.45) is -0.0180. The van der Waals surface area contributed by atoms with Gasteiger partial charge in [0.1, 0.15) is 10.8 Å². The number of H-pyrrole nitrogens is 1. The lowest BCUT2D eigenvalue weighted by molar-refractivity contribution is -0.118. The molecule has 8 nitrogen and oxygen atoms in total. The molecule has 0 fully saturated rings. The van der Waals surface area contributed by atoms with E-state index in [0.29, 0.717) is 22.3 Å². The topological polar surface area (TPSA) is 114 Å². The van der Waals surface area contributed by atoms with E-state index >= 15 is 0 Å². The van der Waals surface area contributed by atoms with Gasteiger partial charge in [-0.15, -0.1) is 11.3 Å². The molecule has 0 radical (unpaired) electrons. The number of nitrogen functional groups attached to an aromatic ring is 1. The zero-order valence-electron chi connectivity index (χ0n) is 19.1. The van der Waals surface area contributed by atoms with Gasteiger partial charge in [-0.25, -0.2) is 9.78 Å². The molecule has 33 heavy (non-hydrogen) atoms. The Morgan fingerprint density at radius 1 is 1.21 bits per heavy atom. The minimum Gasteiger partial charge on any atom is -0.383 e. The van der Waals surface area contributed by atoms with Crippen molar-refractivity contribution in [1.29, 1.82) is 0 Å². The maximum atomic E-state index is 13.4. The van der Waals surface area contributed by atoms with E-state index in [9.17, 15) is 14.4 Å². The molecule has 0 aliphatic heterocycles. The molecule has 0 unspecified atom stereocenters. The van der Waals surface area contributed by atoms with Crippen LogP contribution in [-0.2, 0) is 17.8 Å². The Labute approximate surface area is 201 Å². The zero-order valence-corrected chi connectivity index (χ0v) is 20.7. The predicted molar refractivity (Wildman–Crippen MR) is 134 cm³/mol. The van der Waals surface area contributed by atoms with Gasteiger partial charge >= 0.3 is 5.69 Å². The highest BCUT2D eigenvalue weighted by molar-refractivity contribution is 7.13. The van der Waals surface area contributed by atoms with E-state index in [2.05, 4.69) is 9.97 Å². The average Bonchev–Trinajstić information content (AvgIpc) is 3.18. The number of hydrogen-bond acceptors (Lipinski definition) is 6. The lowest BCUT2D eigenvalue weighted by Crippen LogP contribution is -2.43. The van der Waals surface area contributed by atoms with Crippen molar-refractivity contribution in [3.05, 3.63) is 61.2 Å². The number of aromatic amines is 1. The first kappa shape index (κ1) is 24.7. The van der Waals surface area contributed by atoms with Gasteiger partial charge in [-0.2, -0.15) is 0 Å². The summed E-state index contributed by atoms with van der Waals surface area (Å²) in [4.78, 5) is 46.6. The molecule has 10 heteroatoms. The third kappa shape index (κ3) is 5.72. The van der Waals surface area contributed by atoms with Gasteiger partial charge in [-0.3, -0.25) is 19.1 Å². The number of nitrogens with two attached hydrogens (primary N) is 1. The van der Waals surface area contributed by atoms with E-state index in [1.807, 2.05) is 45.9 Å². The standard InChI is InChI=1S/C23H28ClN5O3S/c1-13(2)10-28(19-20(25)29(11-14(3)4)23(32)27-21(19)31)18(30)9-15-12-33-22(26-15)16-7-5-6-8-17(16)24/h5-8,12-14H,9-11,25H2,1-4H3,(H,27,31,32). The van der Waals surface area contributed by atoms with Crippen LogP contribution in [-0.4, -0.2) is 27.0 Å². The molecule has 0 saturated heterocycles. The number of anilines is 2. The second-order valence-corrected chi connectivity index (χ2v) is 9.96. The number of amides is 1.